The zero-order chi connectivity index (χ0) is 21.8. The Morgan fingerprint density at radius 3 is 2.52 bits per heavy atom. The molecule has 1 N–H and O–H groups in total. The lowest BCUT2D eigenvalue weighted by atomic mass is 10.2. The molecule has 1 heterocycles. The highest BCUT2D eigenvalue weighted by molar-refractivity contribution is 6.05. The van der Waals surface area contributed by atoms with Crippen molar-refractivity contribution in [3.8, 4) is 17.2 Å². The van der Waals surface area contributed by atoms with Crippen molar-refractivity contribution in [1.29, 1.82) is 0 Å². The summed E-state index contributed by atoms with van der Waals surface area (Å²) < 4.78 is 11.0. The van der Waals surface area contributed by atoms with E-state index in [9.17, 15) is 4.79 Å². The molecule has 0 aliphatic carbocycles. The monoisotopic (exact) mass is 416 g/mol. The molecule has 31 heavy (non-hydrogen) atoms. The first-order chi connectivity index (χ1) is 15.1. The minimum atomic E-state index is -0.212. The van der Waals surface area contributed by atoms with Crippen LogP contribution in [0.2, 0.25) is 0 Å². The van der Waals surface area contributed by atoms with Gasteiger partial charge < -0.3 is 14.8 Å². The highest BCUT2D eigenvalue weighted by Gasteiger charge is 2.11. The van der Waals surface area contributed by atoms with Gasteiger partial charge >= 0.3 is 0 Å². The van der Waals surface area contributed by atoms with Crippen molar-refractivity contribution in [3.63, 3.8) is 0 Å². The van der Waals surface area contributed by atoms with E-state index in [1.165, 1.54) is 0 Å². The Bertz CT molecular complexity index is 1200. The molecule has 4 rings (SSSR count). The summed E-state index contributed by atoms with van der Waals surface area (Å²) in [5.41, 5.74) is 3.41. The molecule has 0 aliphatic rings. The zero-order valence-electron chi connectivity index (χ0n) is 17.7. The summed E-state index contributed by atoms with van der Waals surface area (Å²) in [5.74, 6) is 1.24. The molecule has 3 aromatic carbocycles. The van der Waals surface area contributed by atoms with Crippen molar-refractivity contribution in [3.05, 3.63) is 72.3 Å². The fraction of sp³-hybridized carbons (Fsp3) is 0.208. The number of anilines is 1. The minimum Gasteiger partial charge on any atom is -0.497 e. The highest BCUT2D eigenvalue weighted by atomic mass is 16.5. The Morgan fingerprint density at radius 1 is 1.00 bits per heavy atom. The van der Waals surface area contributed by atoms with E-state index in [4.69, 9.17) is 9.47 Å². The van der Waals surface area contributed by atoms with Crippen molar-refractivity contribution in [2.24, 2.45) is 0 Å². The van der Waals surface area contributed by atoms with E-state index in [1.54, 1.807) is 30.1 Å². The molecule has 1 aromatic heterocycles. The van der Waals surface area contributed by atoms with Crippen LogP contribution in [0.3, 0.4) is 0 Å². The maximum atomic E-state index is 12.7. The van der Waals surface area contributed by atoms with E-state index in [2.05, 4.69) is 22.4 Å². The average Bonchev–Trinajstić information content (AvgIpc) is 3.22. The number of carbonyl (C=O) groups excluding carboxylic acids is 1. The summed E-state index contributed by atoms with van der Waals surface area (Å²) >= 11 is 0. The number of fused-ring (bicyclic) bond motifs is 1. The number of methoxy groups -OCH3 is 1. The molecule has 0 fully saturated rings. The van der Waals surface area contributed by atoms with Crippen LogP contribution in [0.5, 0.6) is 11.5 Å². The lowest BCUT2D eigenvalue weighted by Crippen LogP contribution is -2.13. The molecule has 0 unspecified atom stereocenters. The van der Waals surface area contributed by atoms with Crippen molar-refractivity contribution >= 4 is 22.6 Å². The number of carbonyl (C=O) groups is 1. The van der Waals surface area contributed by atoms with Gasteiger partial charge in [0.25, 0.3) is 5.91 Å². The topological polar surface area (TPSA) is 78.3 Å². The summed E-state index contributed by atoms with van der Waals surface area (Å²) in [6.45, 7) is 4.06. The number of hydrogen-bond donors (Lipinski definition) is 1. The first kappa shape index (κ1) is 20.4. The van der Waals surface area contributed by atoms with E-state index in [-0.39, 0.29) is 12.0 Å². The zero-order valence-corrected chi connectivity index (χ0v) is 17.7. The second kappa shape index (κ2) is 8.87. The number of nitrogens with one attached hydrogen (secondary N) is 1. The first-order valence-electron chi connectivity index (χ1n) is 10.2. The van der Waals surface area contributed by atoms with Crippen LogP contribution in [0.15, 0.2) is 66.7 Å². The van der Waals surface area contributed by atoms with Crippen LogP contribution in [-0.4, -0.2) is 34.1 Å². The second-order valence-electron chi connectivity index (χ2n) is 7.21. The fourth-order valence-electron chi connectivity index (χ4n) is 3.05. The Labute approximate surface area is 180 Å². The van der Waals surface area contributed by atoms with Gasteiger partial charge in [-0.1, -0.05) is 13.0 Å². The molecule has 0 spiro atoms. The van der Waals surface area contributed by atoms with Crippen LogP contribution in [0.1, 0.15) is 30.6 Å². The molecule has 1 amide bonds. The molecule has 7 nitrogen and oxygen atoms in total. The molecule has 158 valence electrons. The van der Waals surface area contributed by atoms with Gasteiger partial charge in [-0.05, 0) is 74.0 Å². The van der Waals surface area contributed by atoms with E-state index in [0.717, 1.165) is 23.4 Å². The average molecular weight is 416 g/mol. The third kappa shape index (κ3) is 4.66. The van der Waals surface area contributed by atoms with E-state index in [0.29, 0.717) is 22.5 Å². The number of nitrogens with zero attached hydrogens (tertiary/aromatic N) is 3. The molecule has 7 heteroatoms. The molecule has 0 radical (unpaired) electrons. The number of rotatable bonds is 7. The quantitative estimate of drug-likeness (QED) is 0.466. The Hall–Kier alpha value is -3.87. The summed E-state index contributed by atoms with van der Waals surface area (Å²) in [7, 11) is 1.63. The number of amides is 1. The van der Waals surface area contributed by atoms with Crippen LogP contribution in [0.25, 0.3) is 16.7 Å². The third-order valence-corrected chi connectivity index (χ3v) is 4.95. The molecule has 0 saturated heterocycles. The van der Waals surface area contributed by atoms with Crippen LogP contribution in [0, 0.1) is 0 Å². The van der Waals surface area contributed by atoms with E-state index >= 15 is 0 Å². The summed E-state index contributed by atoms with van der Waals surface area (Å²) in [4.78, 5) is 14.3. The van der Waals surface area contributed by atoms with Gasteiger partial charge in [0.1, 0.15) is 22.5 Å². The predicted molar refractivity (Wildman–Crippen MR) is 120 cm³/mol. The smallest absolute Gasteiger partial charge is 0.255 e. The molecule has 0 saturated carbocycles. The molecule has 0 bridgehead atoms. The summed E-state index contributed by atoms with van der Waals surface area (Å²) in [5, 5.41) is 11.9. The molecule has 1 atom stereocenters. The Balaban J connectivity index is 1.52. The fourth-order valence-corrected chi connectivity index (χ4v) is 3.05. The number of aromatic nitrogens is 3. The molecule has 0 aliphatic heterocycles. The Kier molecular flexibility index (Phi) is 5.84. The van der Waals surface area contributed by atoms with Gasteiger partial charge in [-0.15, -0.1) is 10.2 Å². The van der Waals surface area contributed by atoms with Gasteiger partial charge in [0.05, 0.1) is 18.9 Å². The maximum Gasteiger partial charge on any atom is 0.255 e. The summed E-state index contributed by atoms with van der Waals surface area (Å²) in [6.07, 6.45) is 0.988. The van der Waals surface area contributed by atoms with Gasteiger partial charge in [0, 0.05) is 11.3 Å². The van der Waals surface area contributed by atoms with Gasteiger partial charge in [0.15, 0.2) is 0 Å². The summed E-state index contributed by atoms with van der Waals surface area (Å²) in [6, 6.07) is 20.1. The first-order valence-corrected chi connectivity index (χ1v) is 10.2. The SMILES string of the molecule is CC[C@H](C)Oc1cccc(C(=O)Nc2ccc3nn(-c4ccc(OC)cc4)nc3c2)c1. The Morgan fingerprint density at radius 2 is 1.77 bits per heavy atom. The third-order valence-electron chi connectivity index (χ3n) is 4.95. The van der Waals surface area contributed by atoms with Crippen LogP contribution < -0.4 is 14.8 Å². The molecular weight excluding hydrogens is 392 g/mol. The van der Waals surface area contributed by atoms with Crippen molar-refractivity contribution < 1.29 is 14.3 Å². The van der Waals surface area contributed by atoms with E-state index in [1.807, 2.05) is 55.5 Å². The lowest BCUT2D eigenvalue weighted by Gasteiger charge is -2.13. The lowest BCUT2D eigenvalue weighted by molar-refractivity contribution is 0.102. The standard InChI is InChI=1S/C24H24N4O3/c1-4-16(2)31-21-7-5-6-17(14-21)24(29)25-18-8-13-22-23(15-18)27-28(26-22)19-9-11-20(30-3)12-10-19/h5-16H,4H2,1-3H3,(H,25,29)/t16-/m0/s1. The second-order valence-corrected chi connectivity index (χ2v) is 7.21. The number of ether oxygens (including phenoxy) is 2. The number of benzene rings is 3. The number of hydrogen-bond acceptors (Lipinski definition) is 5. The molecule has 4 aromatic rings. The van der Waals surface area contributed by atoms with Crippen molar-refractivity contribution in [1.82, 2.24) is 15.0 Å². The normalized spacial score (nSPS) is 11.8. The predicted octanol–water partition coefficient (Wildman–Crippen LogP) is 4.86. The maximum absolute atomic E-state index is 12.7. The molecular formula is C24H24N4O3. The van der Waals surface area contributed by atoms with Gasteiger partial charge in [0.2, 0.25) is 0 Å². The minimum absolute atomic E-state index is 0.0917. The highest BCUT2D eigenvalue weighted by Crippen LogP contribution is 2.21. The van der Waals surface area contributed by atoms with Gasteiger partial charge in [-0.3, -0.25) is 4.79 Å². The van der Waals surface area contributed by atoms with E-state index < -0.39 is 0 Å². The van der Waals surface area contributed by atoms with Gasteiger partial charge in [-0.2, -0.15) is 4.80 Å². The largest absolute Gasteiger partial charge is 0.497 e. The van der Waals surface area contributed by atoms with Gasteiger partial charge in [-0.25, -0.2) is 0 Å². The van der Waals surface area contributed by atoms with Crippen LogP contribution in [-0.2, 0) is 0 Å². The van der Waals surface area contributed by atoms with Crippen molar-refractivity contribution in [2.75, 3.05) is 12.4 Å². The van der Waals surface area contributed by atoms with Crippen LogP contribution >= 0.6 is 0 Å². The van der Waals surface area contributed by atoms with Crippen LogP contribution in [0.4, 0.5) is 5.69 Å². The van der Waals surface area contributed by atoms with Crippen molar-refractivity contribution in [2.45, 2.75) is 26.4 Å².